The fourth-order valence-corrected chi connectivity index (χ4v) is 4.77. The molecule has 1 aromatic carbocycles. The van der Waals surface area contributed by atoms with E-state index in [4.69, 9.17) is 9.47 Å². The molecule has 2 aliphatic heterocycles. The number of fused-ring (bicyclic) bond motifs is 2. The highest BCUT2D eigenvalue weighted by Crippen LogP contribution is 2.45. The van der Waals surface area contributed by atoms with Gasteiger partial charge in [0, 0.05) is 37.3 Å². The molecule has 0 radical (unpaired) electrons. The number of rotatable bonds is 3. The van der Waals surface area contributed by atoms with Gasteiger partial charge in [-0.05, 0) is 6.92 Å². The third-order valence-corrected chi connectivity index (χ3v) is 6.75. The van der Waals surface area contributed by atoms with Gasteiger partial charge in [0.15, 0.2) is 11.5 Å². The molecule has 0 bridgehead atoms. The fourth-order valence-electron chi connectivity index (χ4n) is 3.36. The SMILES string of the molecule is CCN1C(O)=C(N=Nc2nc(C(C)(C)C)cn2C)S(=O)(=O)c2cc3c(cc21)OCCO3. The van der Waals surface area contributed by atoms with Gasteiger partial charge in [0.05, 0.1) is 11.4 Å². The second-order valence-electron chi connectivity index (χ2n) is 8.33. The van der Waals surface area contributed by atoms with Crippen LogP contribution in [0.5, 0.6) is 11.5 Å². The summed E-state index contributed by atoms with van der Waals surface area (Å²) in [5, 5.41) is 18.2. The highest BCUT2D eigenvalue weighted by molar-refractivity contribution is 7.95. The van der Waals surface area contributed by atoms with E-state index in [2.05, 4.69) is 15.2 Å². The maximum Gasteiger partial charge on any atom is 0.249 e. The molecule has 0 spiro atoms. The van der Waals surface area contributed by atoms with Crippen LogP contribution in [0.2, 0.25) is 0 Å². The second kappa shape index (κ2) is 7.26. The lowest BCUT2D eigenvalue weighted by atomic mass is 9.93. The van der Waals surface area contributed by atoms with E-state index in [-0.39, 0.29) is 16.3 Å². The minimum atomic E-state index is -4.16. The molecule has 0 saturated heterocycles. The number of anilines is 1. The third-order valence-electron chi connectivity index (χ3n) is 5.07. The number of ether oxygens (including phenoxy) is 2. The van der Waals surface area contributed by atoms with E-state index >= 15 is 0 Å². The predicted molar refractivity (Wildman–Crippen MR) is 114 cm³/mol. The van der Waals surface area contributed by atoms with Crippen molar-refractivity contribution in [2.24, 2.45) is 17.3 Å². The molecule has 4 rings (SSSR count). The van der Waals surface area contributed by atoms with E-state index in [1.165, 1.54) is 11.0 Å². The van der Waals surface area contributed by atoms with Gasteiger partial charge in [-0.25, -0.2) is 13.4 Å². The van der Waals surface area contributed by atoms with Crippen LogP contribution < -0.4 is 14.4 Å². The third kappa shape index (κ3) is 3.52. The lowest BCUT2D eigenvalue weighted by Gasteiger charge is -2.30. The van der Waals surface area contributed by atoms with Gasteiger partial charge in [0.25, 0.3) is 0 Å². The fraction of sp³-hybridized carbons (Fsp3) is 0.450. The van der Waals surface area contributed by atoms with E-state index in [1.807, 2.05) is 27.0 Å². The predicted octanol–water partition coefficient (Wildman–Crippen LogP) is 3.57. The van der Waals surface area contributed by atoms with E-state index in [0.29, 0.717) is 36.9 Å². The average Bonchev–Trinajstić information content (AvgIpc) is 3.08. The lowest BCUT2D eigenvalue weighted by Crippen LogP contribution is -2.31. The first-order valence-electron chi connectivity index (χ1n) is 9.89. The highest BCUT2D eigenvalue weighted by Gasteiger charge is 2.39. The van der Waals surface area contributed by atoms with Crippen molar-refractivity contribution in [3.63, 3.8) is 0 Å². The van der Waals surface area contributed by atoms with E-state index < -0.39 is 20.7 Å². The van der Waals surface area contributed by atoms with Gasteiger partial charge in [-0.2, -0.15) is 0 Å². The summed E-state index contributed by atoms with van der Waals surface area (Å²) in [6.45, 7) is 8.83. The first-order chi connectivity index (χ1) is 14.5. The van der Waals surface area contributed by atoms with E-state index in [1.54, 1.807) is 24.6 Å². The molecule has 166 valence electrons. The summed E-state index contributed by atoms with van der Waals surface area (Å²) >= 11 is 0. The van der Waals surface area contributed by atoms with Crippen molar-refractivity contribution >= 4 is 21.5 Å². The Hall–Kier alpha value is -3.08. The molecule has 10 nitrogen and oxygen atoms in total. The van der Waals surface area contributed by atoms with Gasteiger partial charge >= 0.3 is 0 Å². The van der Waals surface area contributed by atoms with Crippen LogP contribution in [0.15, 0.2) is 44.4 Å². The largest absolute Gasteiger partial charge is 0.492 e. The number of nitrogens with zero attached hydrogens (tertiary/aromatic N) is 5. The summed E-state index contributed by atoms with van der Waals surface area (Å²) in [5.74, 6) is 0.498. The van der Waals surface area contributed by atoms with Crippen molar-refractivity contribution in [1.29, 1.82) is 0 Å². The number of aromatic nitrogens is 2. The van der Waals surface area contributed by atoms with Crippen molar-refractivity contribution in [2.75, 3.05) is 24.7 Å². The Morgan fingerprint density at radius 2 is 1.81 bits per heavy atom. The van der Waals surface area contributed by atoms with Gasteiger partial charge in [0.2, 0.25) is 26.7 Å². The van der Waals surface area contributed by atoms with Crippen LogP contribution in [0.3, 0.4) is 0 Å². The van der Waals surface area contributed by atoms with Crippen LogP contribution in [0.25, 0.3) is 0 Å². The molecular weight excluding hydrogens is 422 g/mol. The lowest BCUT2D eigenvalue weighted by molar-refractivity contribution is 0.171. The quantitative estimate of drug-likeness (QED) is 0.715. The first-order valence-corrected chi connectivity index (χ1v) is 11.4. The number of hydrogen-bond donors (Lipinski definition) is 1. The molecule has 0 amide bonds. The molecular formula is C20H25N5O5S. The molecule has 0 unspecified atom stereocenters. The Morgan fingerprint density at radius 1 is 1.16 bits per heavy atom. The number of sulfone groups is 1. The molecule has 11 heteroatoms. The first kappa shape index (κ1) is 21.2. The molecule has 3 heterocycles. The van der Waals surface area contributed by atoms with Crippen LogP contribution in [0, 0.1) is 0 Å². The Labute approximate surface area is 180 Å². The molecule has 0 atom stereocenters. The van der Waals surface area contributed by atoms with Crippen LogP contribution >= 0.6 is 0 Å². The number of imidazole rings is 1. The molecule has 0 fully saturated rings. The summed E-state index contributed by atoms with van der Waals surface area (Å²) < 4.78 is 39.4. The normalized spacial score (nSPS) is 17.9. The Kier molecular flexibility index (Phi) is 4.95. The van der Waals surface area contributed by atoms with Crippen molar-refractivity contribution in [3.05, 3.63) is 34.9 Å². The number of azo groups is 1. The van der Waals surface area contributed by atoms with Crippen LogP contribution in [0.4, 0.5) is 11.6 Å². The Bertz CT molecular complexity index is 1210. The Balaban J connectivity index is 1.81. The molecule has 0 saturated carbocycles. The summed E-state index contributed by atoms with van der Waals surface area (Å²) in [4.78, 5) is 5.85. The number of aliphatic hydroxyl groups excluding tert-OH is 1. The second-order valence-corrected chi connectivity index (χ2v) is 10.2. The maximum absolute atomic E-state index is 13.3. The zero-order valence-electron chi connectivity index (χ0n) is 18.1. The van der Waals surface area contributed by atoms with Crippen molar-refractivity contribution in [2.45, 2.75) is 38.0 Å². The summed E-state index contributed by atoms with van der Waals surface area (Å²) in [5.41, 5.74) is 0.886. The molecule has 1 aromatic heterocycles. The standard InChI is InChI=1S/C20H25N5O5S/c1-6-25-12-9-13-14(30-8-7-29-13)10-15(12)31(27,28)17(18(25)26)22-23-19-21-16(11-24(19)5)20(2,3)4/h9-11,26H,6-8H2,1-5H3. The van der Waals surface area contributed by atoms with Crippen molar-refractivity contribution < 1.29 is 23.0 Å². The van der Waals surface area contributed by atoms with Crippen LogP contribution in [-0.2, 0) is 22.3 Å². The zero-order valence-corrected chi connectivity index (χ0v) is 18.9. The number of aliphatic hydroxyl groups is 1. The maximum atomic E-state index is 13.3. The van der Waals surface area contributed by atoms with Gasteiger partial charge < -0.3 is 24.0 Å². The van der Waals surface area contributed by atoms with Crippen LogP contribution in [-0.4, -0.2) is 42.8 Å². The Morgan fingerprint density at radius 3 is 2.39 bits per heavy atom. The molecule has 1 N–H and O–H groups in total. The monoisotopic (exact) mass is 447 g/mol. The molecule has 2 aromatic rings. The highest BCUT2D eigenvalue weighted by atomic mass is 32.2. The molecule has 31 heavy (non-hydrogen) atoms. The number of hydrogen-bond acceptors (Lipinski definition) is 9. The number of aryl methyl sites for hydroxylation is 1. The molecule has 2 aliphatic rings. The number of benzene rings is 1. The minimum Gasteiger partial charge on any atom is -0.492 e. The average molecular weight is 448 g/mol. The van der Waals surface area contributed by atoms with E-state index in [9.17, 15) is 13.5 Å². The summed E-state index contributed by atoms with van der Waals surface area (Å²) in [6, 6.07) is 2.96. The molecule has 0 aliphatic carbocycles. The topological polar surface area (TPSA) is 119 Å². The van der Waals surface area contributed by atoms with Gasteiger partial charge in [-0.3, -0.25) is 0 Å². The van der Waals surface area contributed by atoms with E-state index in [0.717, 1.165) is 5.69 Å². The van der Waals surface area contributed by atoms with Crippen molar-refractivity contribution in [1.82, 2.24) is 9.55 Å². The van der Waals surface area contributed by atoms with Gasteiger partial charge in [0.1, 0.15) is 18.1 Å². The summed E-state index contributed by atoms with van der Waals surface area (Å²) in [7, 11) is -2.41. The van der Waals surface area contributed by atoms with Crippen molar-refractivity contribution in [3.8, 4) is 11.5 Å². The smallest absolute Gasteiger partial charge is 0.249 e. The zero-order chi connectivity index (χ0) is 22.6. The summed E-state index contributed by atoms with van der Waals surface area (Å²) in [6.07, 6.45) is 1.81. The van der Waals surface area contributed by atoms with Crippen LogP contribution in [0.1, 0.15) is 33.4 Å². The van der Waals surface area contributed by atoms with Gasteiger partial charge in [-0.15, -0.1) is 10.2 Å². The van der Waals surface area contributed by atoms with Gasteiger partial charge in [-0.1, -0.05) is 20.8 Å². The minimum absolute atomic E-state index is 0.0272.